The number of amides is 1. The van der Waals surface area contributed by atoms with Crippen LogP contribution in [0.3, 0.4) is 0 Å². The maximum Gasteiger partial charge on any atom is 0.274 e. The van der Waals surface area contributed by atoms with E-state index in [0.29, 0.717) is 25.1 Å². The van der Waals surface area contributed by atoms with Crippen molar-refractivity contribution in [1.29, 1.82) is 0 Å². The number of aliphatic hydroxyl groups excluding tert-OH is 1. The summed E-state index contributed by atoms with van der Waals surface area (Å²) < 4.78 is 1.72. The molecule has 7 heteroatoms. The highest BCUT2D eigenvalue weighted by atomic mass is 16.3. The van der Waals surface area contributed by atoms with Gasteiger partial charge >= 0.3 is 0 Å². The summed E-state index contributed by atoms with van der Waals surface area (Å²) in [5.74, 6) is -0.182. The Bertz CT molecular complexity index is 667. The van der Waals surface area contributed by atoms with Crippen LogP contribution < -0.4 is 0 Å². The molecule has 0 aliphatic carbocycles. The monoisotopic (exact) mass is 301 g/mol. The van der Waals surface area contributed by atoms with Crippen LogP contribution in [-0.4, -0.2) is 54.4 Å². The third kappa shape index (κ3) is 2.85. The molecular formula is C15H19N5O2. The van der Waals surface area contributed by atoms with Gasteiger partial charge in [0.2, 0.25) is 0 Å². The van der Waals surface area contributed by atoms with Gasteiger partial charge in [0.15, 0.2) is 0 Å². The van der Waals surface area contributed by atoms with E-state index in [4.69, 9.17) is 0 Å². The second-order valence-electron chi connectivity index (χ2n) is 5.69. The van der Waals surface area contributed by atoms with Crippen LogP contribution in [0.4, 0.5) is 0 Å². The van der Waals surface area contributed by atoms with E-state index in [-0.39, 0.29) is 11.9 Å². The van der Waals surface area contributed by atoms with Crippen LogP contribution >= 0.6 is 0 Å². The fourth-order valence-corrected chi connectivity index (χ4v) is 2.80. The SMILES string of the molecule is Cc1cnc(C(=O)N2CC[C@H](O)[C@@H]2Cc2cnn(C)c2)cn1. The van der Waals surface area contributed by atoms with E-state index in [1.165, 1.54) is 6.20 Å². The van der Waals surface area contributed by atoms with Gasteiger partial charge in [-0.15, -0.1) is 0 Å². The van der Waals surface area contributed by atoms with Crippen molar-refractivity contribution < 1.29 is 9.90 Å². The van der Waals surface area contributed by atoms with Crippen molar-refractivity contribution in [2.75, 3.05) is 6.54 Å². The lowest BCUT2D eigenvalue weighted by atomic mass is 10.0. The molecule has 1 aliphatic rings. The normalized spacial score (nSPS) is 21.3. The minimum atomic E-state index is -0.525. The highest BCUT2D eigenvalue weighted by Crippen LogP contribution is 2.23. The molecule has 0 saturated carbocycles. The number of carbonyl (C=O) groups is 1. The van der Waals surface area contributed by atoms with Crippen LogP contribution in [0.25, 0.3) is 0 Å². The topological polar surface area (TPSA) is 84.1 Å². The molecule has 1 saturated heterocycles. The number of aryl methyl sites for hydroxylation is 2. The third-order valence-corrected chi connectivity index (χ3v) is 3.97. The number of aromatic nitrogens is 4. The van der Waals surface area contributed by atoms with Crippen molar-refractivity contribution in [2.24, 2.45) is 7.05 Å². The third-order valence-electron chi connectivity index (χ3n) is 3.97. The zero-order chi connectivity index (χ0) is 15.7. The highest BCUT2D eigenvalue weighted by molar-refractivity contribution is 5.92. The minimum Gasteiger partial charge on any atom is -0.391 e. The number of hydrogen-bond donors (Lipinski definition) is 1. The van der Waals surface area contributed by atoms with Crippen molar-refractivity contribution in [2.45, 2.75) is 31.9 Å². The molecule has 7 nitrogen and oxygen atoms in total. The lowest BCUT2D eigenvalue weighted by Gasteiger charge is -2.25. The maximum absolute atomic E-state index is 12.6. The lowest BCUT2D eigenvalue weighted by Crippen LogP contribution is -2.41. The maximum atomic E-state index is 12.6. The fourth-order valence-electron chi connectivity index (χ4n) is 2.80. The van der Waals surface area contributed by atoms with E-state index in [9.17, 15) is 9.90 Å². The Hall–Kier alpha value is -2.28. The van der Waals surface area contributed by atoms with Gasteiger partial charge in [0.25, 0.3) is 5.91 Å². The first-order valence-corrected chi connectivity index (χ1v) is 7.30. The van der Waals surface area contributed by atoms with Crippen molar-refractivity contribution in [3.05, 3.63) is 41.7 Å². The Labute approximate surface area is 128 Å². The molecular weight excluding hydrogens is 282 g/mol. The molecule has 116 valence electrons. The Morgan fingerprint density at radius 1 is 1.36 bits per heavy atom. The summed E-state index contributed by atoms with van der Waals surface area (Å²) >= 11 is 0. The Morgan fingerprint density at radius 2 is 2.18 bits per heavy atom. The molecule has 1 aliphatic heterocycles. The van der Waals surface area contributed by atoms with E-state index in [1.54, 1.807) is 22.0 Å². The van der Waals surface area contributed by atoms with Gasteiger partial charge in [-0.05, 0) is 25.3 Å². The van der Waals surface area contributed by atoms with Gasteiger partial charge in [-0.25, -0.2) is 4.98 Å². The van der Waals surface area contributed by atoms with Gasteiger partial charge in [0.1, 0.15) is 5.69 Å². The number of aliphatic hydroxyl groups is 1. The van der Waals surface area contributed by atoms with E-state index in [0.717, 1.165) is 11.3 Å². The smallest absolute Gasteiger partial charge is 0.274 e. The van der Waals surface area contributed by atoms with E-state index in [2.05, 4.69) is 15.1 Å². The predicted molar refractivity (Wildman–Crippen MR) is 79.1 cm³/mol. The summed E-state index contributed by atoms with van der Waals surface area (Å²) in [5, 5.41) is 14.3. The van der Waals surface area contributed by atoms with Crippen LogP contribution in [0.1, 0.15) is 28.2 Å². The van der Waals surface area contributed by atoms with E-state index in [1.807, 2.05) is 20.2 Å². The second-order valence-corrected chi connectivity index (χ2v) is 5.69. The zero-order valence-corrected chi connectivity index (χ0v) is 12.7. The summed E-state index contributed by atoms with van der Waals surface area (Å²) in [4.78, 5) is 22.6. The van der Waals surface area contributed by atoms with Gasteiger partial charge in [-0.3, -0.25) is 14.5 Å². The first kappa shape index (κ1) is 14.6. The molecule has 3 heterocycles. The zero-order valence-electron chi connectivity index (χ0n) is 12.7. The van der Waals surface area contributed by atoms with Gasteiger partial charge in [0.05, 0.1) is 30.2 Å². The number of nitrogens with zero attached hydrogens (tertiary/aromatic N) is 5. The average molecular weight is 301 g/mol. The molecule has 0 bridgehead atoms. The number of carbonyl (C=O) groups excluding carboxylic acids is 1. The Kier molecular flexibility index (Phi) is 3.89. The van der Waals surface area contributed by atoms with Crippen LogP contribution in [0, 0.1) is 6.92 Å². The Morgan fingerprint density at radius 3 is 2.82 bits per heavy atom. The van der Waals surface area contributed by atoms with E-state index < -0.39 is 6.10 Å². The fraction of sp³-hybridized carbons (Fsp3) is 0.467. The molecule has 2 atom stereocenters. The van der Waals surface area contributed by atoms with E-state index >= 15 is 0 Å². The highest BCUT2D eigenvalue weighted by Gasteiger charge is 2.37. The summed E-state index contributed by atoms with van der Waals surface area (Å²) in [7, 11) is 1.85. The summed E-state index contributed by atoms with van der Waals surface area (Å²) in [6.45, 7) is 2.35. The number of rotatable bonds is 3. The van der Waals surface area contributed by atoms with Crippen LogP contribution in [-0.2, 0) is 13.5 Å². The average Bonchev–Trinajstić information content (AvgIpc) is 3.07. The summed E-state index contributed by atoms with van der Waals surface area (Å²) in [5.41, 5.74) is 2.09. The quantitative estimate of drug-likeness (QED) is 0.883. The van der Waals surface area contributed by atoms with Crippen molar-refractivity contribution in [3.63, 3.8) is 0 Å². The molecule has 0 radical (unpaired) electrons. The lowest BCUT2D eigenvalue weighted by molar-refractivity contribution is 0.0634. The first-order valence-electron chi connectivity index (χ1n) is 7.30. The van der Waals surface area contributed by atoms with Gasteiger partial charge in [-0.1, -0.05) is 0 Å². The van der Waals surface area contributed by atoms with Gasteiger partial charge in [0, 0.05) is 26.0 Å². The van der Waals surface area contributed by atoms with Crippen molar-refractivity contribution in [1.82, 2.24) is 24.6 Å². The minimum absolute atomic E-state index is 0.182. The van der Waals surface area contributed by atoms with Crippen molar-refractivity contribution >= 4 is 5.91 Å². The molecule has 22 heavy (non-hydrogen) atoms. The number of likely N-dealkylation sites (tertiary alicyclic amines) is 1. The van der Waals surface area contributed by atoms with Crippen LogP contribution in [0.2, 0.25) is 0 Å². The van der Waals surface area contributed by atoms with Crippen LogP contribution in [0.5, 0.6) is 0 Å². The molecule has 2 aromatic rings. The van der Waals surface area contributed by atoms with Gasteiger partial charge < -0.3 is 10.0 Å². The molecule has 2 aromatic heterocycles. The summed E-state index contributed by atoms with van der Waals surface area (Å²) in [6.07, 6.45) is 7.37. The molecule has 0 aromatic carbocycles. The molecule has 1 amide bonds. The largest absolute Gasteiger partial charge is 0.391 e. The molecule has 1 fully saturated rings. The van der Waals surface area contributed by atoms with Crippen molar-refractivity contribution in [3.8, 4) is 0 Å². The predicted octanol–water partition coefficient (Wildman–Crippen LogP) is 0.337. The Balaban J connectivity index is 1.79. The standard InChI is InChI=1S/C15H19N5O2/c1-10-6-17-12(8-16-10)15(22)20-4-3-14(21)13(20)5-11-7-18-19(2)9-11/h6-9,13-14,21H,3-5H2,1-2H3/t13-,14-/m0/s1. The number of hydrogen-bond acceptors (Lipinski definition) is 5. The molecule has 0 unspecified atom stereocenters. The summed E-state index contributed by atoms with van der Waals surface area (Å²) in [6, 6.07) is -0.250. The second kappa shape index (κ2) is 5.84. The van der Waals surface area contributed by atoms with Gasteiger partial charge in [-0.2, -0.15) is 5.10 Å². The first-order chi connectivity index (χ1) is 10.5. The van der Waals surface area contributed by atoms with Crippen LogP contribution in [0.15, 0.2) is 24.8 Å². The molecule has 1 N–H and O–H groups in total. The molecule has 0 spiro atoms. The molecule has 3 rings (SSSR count).